The SMILES string of the molecule is COc1cc(OC)cc(C(CN)N2CC(C)OCC2C)c1. The summed E-state index contributed by atoms with van der Waals surface area (Å²) in [6.45, 7) is 6.43. The van der Waals surface area contributed by atoms with Crippen molar-refractivity contribution in [3.05, 3.63) is 23.8 Å². The van der Waals surface area contributed by atoms with E-state index >= 15 is 0 Å². The molecule has 0 aromatic heterocycles. The summed E-state index contributed by atoms with van der Waals surface area (Å²) in [5.74, 6) is 1.58. The fourth-order valence-corrected chi connectivity index (χ4v) is 2.85. The second-order valence-electron chi connectivity index (χ2n) is 5.59. The number of benzene rings is 1. The summed E-state index contributed by atoms with van der Waals surface area (Å²) in [6.07, 6.45) is 0.225. The molecular formula is C16H26N2O3. The highest BCUT2D eigenvalue weighted by molar-refractivity contribution is 5.40. The zero-order valence-corrected chi connectivity index (χ0v) is 13.3. The summed E-state index contributed by atoms with van der Waals surface area (Å²) in [4.78, 5) is 2.41. The van der Waals surface area contributed by atoms with Gasteiger partial charge in [-0.2, -0.15) is 0 Å². The van der Waals surface area contributed by atoms with Gasteiger partial charge >= 0.3 is 0 Å². The molecule has 21 heavy (non-hydrogen) atoms. The minimum Gasteiger partial charge on any atom is -0.497 e. The largest absolute Gasteiger partial charge is 0.497 e. The summed E-state index contributed by atoms with van der Waals surface area (Å²) in [5.41, 5.74) is 7.18. The predicted molar refractivity (Wildman–Crippen MR) is 82.9 cm³/mol. The van der Waals surface area contributed by atoms with Crippen LogP contribution in [-0.2, 0) is 4.74 Å². The van der Waals surface area contributed by atoms with Crippen LogP contribution in [0.15, 0.2) is 18.2 Å². The van der Waals surface area contributed by atoms with Crippen molar-refractivity contribution in [2.45, 2.75) is 32.0 Å². The maximum Gasteiger partial charge on any atom is 0.122 e. The fraction of sp³-hybridized carbons (Fsp3) is 0.625. The predicted octanol–water partition coefficient (Wildman–Crippen LogP) is 1.81. The monoisotopic (exact) mass is 294 g/mol. The lowest BCUT2D eigenvalue weighted by molar-refractivity contribution is -0.0654. The quantitative estimate of drug-likeness (QED) is 0.897. The van der Waals surface area contributed by atoms with Crippen LogP contribution in [0, 0.1) is 0 Å². The van der Waals surface area contributed by atoms with Gasteiger partial charge in [0.15, 0.2) is 0 Å². The van der Waals surface area contributed by atoms with Crippen molar-refractivity contribution in [3.63, 3.8) is 0 Å². The Kier molecular flexibility index (Phi) is 5.45. The van der Waals surface area contributed by atoms with Gasteiger partial charge in [-0.25, -0.2) is 0 Å². The topological polar surface area (TPSA) is 57.0 Å². The number of nitrogens with two attached hydrogens (primary N) is 1. The fourth-order valence-electron chi connectivity index (χ4n) is 2.85. The van der Waals surface area contributed by atoms with Gasteiger partial charge in [-0.1, -0.05) is 0 Å². The van der Waals surface area contributed by atoms with E-state index < -0.39 is 0 Å². The molecule has 5 nitrogen and oxygen atoms in total. The molecule has 0 aliphatic carbocycles. The van der Waals surface area contributed by atoms with E-state index in [1.165, 1.54) is 0 Å². The lowest BCUT2D eigenvalue weighted by Crippen LogP contribution is -2.50. The van der Waals surface area contributed by atoms with Crippen LogP contribution in [0.5, 0.6) is 11.5 Å². The van der Waals surface area contributed by atoms with Gasteiger partial charge in [0.25, 0.3) is 0 Å². The van der Waals surface area contributed by atoms with Gasteiger partial charge in [-0.3, -0.25) is 4.90 Å². The molecule has 0 spiro atoms. The van der Waals surface area contributed by atoms with E-state index in [1.54, 1.807) is 14.2 Å². The van der Waals surface area contributed by atoms with Crippen molar-refractivity contribution < 1.29 is 14.2 Å². The van der Waals surface area contributed by atoms with Crippen LogP contribution in [0.4, 0.5) is 0 Å². The Morgan fingerprint density at radius 2 is 1.86 bits per heavy atom. The van der Waals surface area contributed by atoms with E-state index in [0.29, 0.717) is 12.6 Å². The van der Waals surface area contributed by atoms with Crippen molar-refractivity contribution in [2.24, 2.45) is 5.73 Å². The molecule has 0 saturated carbocycles. The van der Waals surface area contributed by atoms with Crippen molar-refractivity contribution in [2.75, 3.05) is 33.9 Å². The van der Waals surface area contributed by atoms with Crippen LogP contribution in [0.1, 0.15) is 25.5 Å². The lowest BCUT2D eigenvalue weighted by Gasteiger charge is -2.41. The van der Waals surface area contributed by atoms with Gasteiger partial charge in [0.1, 0.15) is 11.5 Å². The van der Waals surface area contributed by atoms with Crippen molar-refractivity contribution in [1.82, 2.24) is 4.90 Å². The van der Waals surface area contributed by atoms with E-state index in [0.717, 1.165) is 30.2 Å². The summed E-state index contributed by atoms with van der Waals surface area (Å²) < 4.78 is 16.4. The molecule has 0 amide bonds. The molecule has 3 unspecified atom stereocenters. The third kappa shape index (κ3) is 3.67. The highest BCUT2D eigenvalue weighted by atomic mass is 16.5. The Labute approximate surface area is 127 Å². The van der Waals surface area contributed by atoms with Crippen molar-refractivity contribution in [1.29, 1.82) is 0 Å². The van der Waals surface area contributed by atoms with Crippen molar-refractivity contribution >= 4 is 0 Å². The molecule has 3 atom stereocenters. The van der Waals surface area contributed by atoms with Gasteiger partial charge in [0, 0.05) is 31.2 Å². The molecule has 2 N–H and O–H groups in total. The molecule has 0 radical (unpaired) electrons. The van der Waals surface area contributed by atoms with Crippen LogP contribution in [0.25, 0.3) is 0 Å². The number of hydrogen-bond donors (Lipinski definition) is 1. The minimum atomic E-state index is 0.135. The second kappa shape index (κ2) is 7.11. The average molecular weight is 294 g/mol. The van der Waals surface area contributed by atoms with Gasteiger partial charge in [0.2, 0.25) is 0 Å². The Hall–Kier alpha value is -1.30. The first-order valence-electron chi connectivity index (χ1n) is 7.39. The number of ether oxygens (including phenoxy) is 3. The Morgan fingerprint density at radius 3 is 2.38 bits per heavy atom. The number of rotatable bonds is 5. The molecule has 1 aliphatic rings. The number of hydrogen-bond acceptors (Lipinski definition) is 5. The average Bonchev–Trinajstić information content (AvgIpc) is 2.51. The zero-order chi connectivity index (χ0) is 15.4. The standard InChI is InChI=1S/C16H26N2O3/c1-11-10-21-12(2)9-18(11)16(8-17)13-5-14(19-3)7-15(6-13)20-4/h5-7,11-12,16H,8-10,17H2,1-4H3. The third-order valence-electron chi connectivity index (χ3n) is 4.04. The summed E-state index contributed by atoms with van der Waals surface area (Å²) in [7, 11) is 3.32. The number of nitrogens with zero attached hydrogens (tertiary/aromatic N) is 1. The van der Waals surface area contributed by atoms with Crippen LogP contribution in [0.2, 0.25) is 0 Å². The first kappa shape index (κ1) is 16.1. The molecule has 1 heterocycles. The first-order valence-corrected chi connectivity index (χ1v) is 7.39. The zero-order valence-electron chi connectivity index (χ0n) is 13.3. The van der Waals surface area contributed by atoms with E-state index in [-0.39, 0.29) is 12.1 Å². The number of morpholine rings is 1. The van der Waals surface area contributed by atoms with E-state index in [4.69, 9.17) is 19.9 Å². The third-order valence-corrected chi connectivity index (χ3v) is 4.04. The molecule has 1 saturated heterocycles. The lowest BCUT2D eigenvalue weighted by atomic mass is 10.0. The normalized spacial score (nSPS) is 24.6. The molecule has 118 valence electrons. The Bertz CT molecular complexity index is 445. The molecular weight excluding hydrogens is 268 g/mol. The molecule has 1 aromatic rings. The smallest absolute Gasteiger partial charge is 0.122 e. The van der Waals surface area contributed by atoms with Gasteiger partial charge in [-0.05, 0) is 31.5 Å². The van der Waals surface area contributed by atoms with Crippen LogP contribution in [-0.4, -0.2) is 51.0 Å². The Balaban J connectivity index is 2.31. The number of methoxy groups -OCH3 is 2. The summed E-state index contributed by atoms with van der Waals surface area (Å²) in [6, 6.07) is 6.42. The summed E-state index contributed by atoms with van der Waals surface area (Å²) >= 11 is 0. The van der Waals surface area contributed by atoms with E-state index in [2.05, 4.69) is 18.7 Å². The highest BCUT2D eigenvalue weighted by Gasteiger charge is 2.30. The van der Waals surface area contributed by atoms with E-state index in [1.807, 2.05) is 18.2 Å². The van der Waals surface area contributed by atoms with E-state index in [9.17, 15) is 0 Å². The molecule has 1 fully saturated rings. The van der Waals surface area contributed by atoms with Gasteiger partial charge < -0.3 is 19.9 Å². The Morgan fingerprint density at radius 1 is 1.24 bits per heavy atom. The molecule has 5 heteroatoms. The maximum atomic E-state index is 6.06. The minimum absolute atomic E-state index is 0.135. The molecule has 2 rings (SSSR count). The first-order chi connectivity index (χ1) is 10.1. The molecule has 0 bridgehead atoms. The maximum absolute atomic E-state index is 6.06. The molecule has 1 aromatic carbocycles. The van der Waals surface area contributed by atoms with Crippen LogP contribution in [0.3, 0.4) is 0 Å². The van der Waals surface area contributed by atoms with Crippen LogP contribution >= 0.6 is 0 Å². The van der Waals surface area contributed by atoms with Crippen LogP contribution < -0.4 is 15.2 Å². The molecule has 1 aliphatic heterocycles. The van der Waals surface area contributed by atoms with Gasteiger partial charge in [0.05, 0.1) is 26.9 Å². The summed E-state index contributed by atoms with van der Waals surface area (Å²) in [5, 5.41) is 0. The van der Waals surface area contributed by atoms with Crippen molar-refractivity contribution in [3.8, 4) is 11.5 Å². The van der Waals surface area contributed by atoms with Gasteiger partial charge in [-0.15, -0.1) is 0 Å². The highest BCUT2D eigenvalue weighted by Crippen LogP contribution is 2.31. The second-order valence-corrected chi connectivity index (χ2v) is 5.59.